The zero-order valence-corrected chi connectivity index (χ0v) is 37.7. The van der Waals surface area contributed by atoms with Crippen molar-refractivity contribution < 1.29 is 38.2 Å². The number of unbranched alkanes of at least 4 members (excludes halogenated alkanes) is 6. The fourth-order valence-corrected chi connectivity index (χ4v) is 5.78. The molecule has 0 spiro atoms. The van der Waals surface area contributed by atoms with Crippen LogP contribution in [-0.4, -0.2) is 80.6 Å². The van der Waals surface area contributed by atoms with Crippen molar-refractivity contribution >= 4 is 17.9 Å². The number of carboxylic acids is 1. The first-order chi connectivity index (χ1) is 28.6. The first kappa shape index (κ1) is 55.0. The van der Waals surface area contributed by atoms with Gasteiger partial charge in [-0.15, -0.1) is 0 Å². The highest BCUT2D eigenvalue weighted by molar-refractivity contribution is 5.72. The van der Waals surface area contributed by atoms with E-state index in [1.807, 2.05) is 33.3 Å². The Bertz CT molecular complexity index is 1330. The lowest BCUT2D eigenvalue weighted by molar-refractivity contribution is -0.887. The smallest absolute Gasteiger partial charge is 0.362 e. The van der Waals surface area contributed by atoms with Gasteiger partial charge in [0.25, 0.3) is 0 Å². The molecule has 0 aromatic carbocycles. The van der Waals surface area contributed by atoms with Gasteiger partial charge >= 0.3 is 17.9 Å². The van der Waals surface area contributed by atoms with E-state index in [1.54, 1.807) is 0 Å². The third-order valence-electron chi connectivity index (χ3n) is 9.18. The van der Waals surface area contributed by atoms with E-state index in [2.05, 4.69) is 111 Å². The number of carboxylic acid groups (broad SMARTS) is 1. The molecule has 0 aromatic rings. The van der Waals surface area contributed by atoms with Crippen LogP contribution >= 0.6 is 0 Å². The van der Waals surface area contributed by atoms with Crippen LogP contribution in [0.4, 0.5) is 0 Å². The molecule has 0 saturated heterocycles. The number of hydrogen-bond donors (Lipinski definition) is 1. The minimum atomic E-state index is -0.894. The predicted octanol–water partition coefficient (Wildman–Crippen LogP) is 12.5. The lowest BCUT2D eigenvalue weighted by Gasteiger charge is -2.31. The van der Waals surface area contributed by atoms with Gasteiger partial charge in [0.15, 0.2) is 12.1 Å². The lowest BCUT2D eigenvalue weighted by Crippen LogP contribution is -2.50. The SMILES string of the molecule is CC/C=C/C/C=C/C/C=C/C/C=C/C/C=C/CCC(=O)OC(COCCC(C(=O)O)[N+](C)(C)C)COC(=O)CCCCCCCC/C=C/C/C=C/C/C=C/C/C=C/CC. The normalized spacial score (nSPS) is 14.0. The molecule has 0 bridgehead atoms. The summed E-state index contributed by atoms with van der Waals surface area (Å²) in [5, 5.41) is 9.62. The van der Waals surface area contributed by atoms with E-state index in [9.17, 15) is 19.5 Å². The van der Waals surface area contributed by atoms with Crippen molar-refractivity contribution in [2.24, 2.45) is 0 Å². The molecule has 0 fully saturated rings. The van der Waals surface area contributed by atoms with Gasteiger partial charge in [0, 0.05) is 19.3 Å². The van der Waals surface area contributed by atoms with Crippen LogP contribution in [0, 0.1) is 0 Å². The molecule has 0 rings (SSSR count). The Morgan fingerprint density at radius 3 is 1.39 bits per heavy atom. The number of carbonyl (C=O) groups is 3. The van der Waals surface area contributed by atoms with Gasteiger partial charge in [0.05, 0.1) is 34.4 Å². The number of esters is 2. The molecular formula is C51H82NO7+. The van der Waals surface area contributed by atoms with Crippen LogP contribution in [0.1, 0.15) is 142 Å². The van der Waals surface area contributed by atoms with Crippen molar-refractivity contribution in [3.8, 4) is 0 Å². The fourth-order valence-electron chi connectivity index (χ4n) is 5.78. The highest BCUT2D eigenvalue weighted by Crippen LogP contribution is 2.12. The summed E-state index contributed by atoms with van der Waals surface area (Å²) in [7, 11) is 5.48. The second-order valence-corrected chi connectivity index (χ2v) is 15.5. The van der Waals surface area contributed by atoms with E-state index >= 15 is 0 Å². The van der Waals surface area contributed by atoms with Crippen molar-refractivity contribution in [1.29, 1.82) is 0 Å². The number of aliphatic carboxylic acids is 1. The Hall–Kier alpha value is -4.01. The molecule has 332 valence electrons. The number of hydrogen-bond acceptors (Lipinski definition) is 6. The number of likely N-dealkylation sites (N-methyl/N-ethyl adjacent to an activating group) is 1. The van der Waals surface area contributed by atoms with E-state index < -0.39 is 24.1 Å². The summed E-state index contributed by atoms with van der Waals surface area (Å²) in [4.78, 5) is 37.0. The summed E-state index contributed by atoms with van der Waals surface area (Å²) in [6.07, 6.45) is 55.8. The summed E-state index contributed by atoms with van der Waals surface area (Å²) in [6.45, 7) is 4.39. The number of carbonyl (C=O) groups excluding carboxylic acids is 2. The first-order valence-electron chi connectivity index (χ1n) is 22.4. The maximum Gasteiger partial charge on any atom is 0.362 e. The maximum absolute atomic E-state index is 12.7. The number of allylic oxidation sites excluding steroid dienone is 18. The van der Waals surface area contributed by atoms with Crippen LogP contribution in [0.2, 0.25) is 0 Å². The van der Waals surface area contributed by atoms with Gasteiger partial charge in [-0.25, -0.2) is 4.79 Å². The van der Waals surface area contributed by atoms with Crippen LogP contribution < -0.4 is 0 Å². The van der Waals surface area contributed by atoms with Gasteiger partial charge in [0.1, 0.15) is 6.61 Å². The second kappa shape index (κ2) is 40.8. The molecule has 59 heavy (non-hydrogen) atoms. The first-order valence-corrected chi connectivity index (χ1v) is 22.4. The van der Waals surface area contributed by atoms with E-state index in [1.165, 1.54) is 12.8 Å². The molecule has 0 radical (unpaired) electrons. The molecule has 2 atom stereocenters. The molecule has 0 aliphatic heterocycles. The molecule has 0 aromatic heterocycles. The fraction of sp³-hybridized carbons (Fsp3) is 0.588. The Labute approximate surface area is 359 Å². The van der Waals surface area contributed by atoms with Crippen LogP contribution in [0.15, 0.2) is 109 Å². The van der Waals surface area contributed by atoms with Crippen molar-refractivity contribution in [2.45, 2.75) is 154 Å². The Balaban J connectivity index is 4.48. The molecule has 2 unspecified atom stereocenters. The highest BCUT2D eigenvalue weighted by Gasteiger charge is 2.31. The third kappa shape index (κ3) is 39.2. The topological polar surface area (TPSA) is 99.1 Å². The number of nitrogens with zero attached hydrogens (tertiary/aromatic N) is 1. The molecule has 0 aliphatic carbocycles. The average molecular weight is 821 g/mol. The van der Waals surface area contributed by atoms with Crippen molar-refractivity contribution in [3.63, 3.8) is 0 Å². The van der Waals surface area contributed by atoms with Gasteiger partial charge in [-0.2, -0.15) is 0 Å². The predicted molar refractivity (Wildman–Crippen MR) is 247 cm³/mol. The summed E-state index contributed by atoms with van der Waals surface area (Å²) in [5.74, 6) is -1.61. The van der Waals surface area contributed by atoms with E-state index in [4.69, 9.17) is 14.2 Å². The Morgan fingerprint density at radius 1 is 0.508 bits per heavy atom. The molecular weight excluding hydrogens is 739 g/mol. The van der Waals surface area contributed by atoms with E-state index in [0.29, 0.717) is 19.3 Å². The molecule has 1 N–H and O–H groups in total. The number of ether oxygens (including phenoxy) is 3. The van der Waals surface area contributed by atoms with Crippen molar-refractivity contribution in [3.05, 3.63) is 109 Å². The number of quaternary nitrogens is 1. The van der Waals surface area contributed by atoms with Crippen molar-refractivity contribution in [2.75, 3.05) is 41.0 Å². The minimum Gasteiger partial charge on any atom is -0.477 e. The monoisotopic (exact) mass is 821 g/mol. The minimum absolute atomic E-state index is 0.0189. The van der Waals surface area contributed by atoms with Gasteiger partial charge in [-0.05, 0) is 83.5 Å². The van der Waals surface area contributed by atoms with Crippen molar-refractivity contribution in [1.82, 2.24) is 0 Å². The van der Waals surface area contributed by atoms with Gasteiger partial charge in [-0.3, -0.25) is 9.59 Å². The van der Waals surface area contributed by atoms with Crippen LogP contribution in [0.25, 0.3) is 0 Å². The van der Waals surface area contributed by atoms with Gasteiger partial charge < -0.3 is 23.8 Å². The van der Waals surface area contributed by atoms with E-state index in [0.717, 1.165) is 89.9 Å². The Morgan fingerprint density at radius 2 is 0.932 bits per heavy atom. The van der Waals surface area contributed by atoms with E-state index in [-0.39, 0.29) is 36.7 Å². The quantitative estimate of drug-likeness (QED) is 0.0287. The molecule has 0 amide bonds. The highest BCUT2D eigenvalue weighted by atomic mass is 16.6. The van der Waals surface area contributed by atoms with Crippen LogP contribution in [0.3, 0.4) is 0 Å². The van der Waals surface area contributed by atoms with Gasteiger partial charge in [-0.1, -0.05) is 149 Å². The average Bonchev–Trinajstić information content (AvgIpc) is 3.19. The molecule has 8 nitrogen and oxygen atoms in total. The standard InChI is InChI=1S/C51H81NO7/c1-6-8-10-12-14-16-18-20-22-24-25-26-28-29-31-33-35-37-39-41-49(53)58-46-47(45-57-44-43-48(51(55)56)52(3,4)5)59-50(54)42-40-38-36-34-32-30-27-23-21-19-17-15-13-11-9-7-2/h8-11,14-17,20-23,25-26,30,32,36,38,47-48H,6-7,12-13,18-19,24,27-29,31,33-35,37,39-46H2,1-5H3/p+1/b10-8+,11-9+,16-14+,17-15+,22-20+,23-21+,26-25+,32-30+,38-36+. The summed E-state index contributed by atoms with van der Waals surface area (Å²) in [6, 6.07) is -0.636. The second-order valence-electron chi connectivity index (χ2n) is 15.5. The molecule has 0 heterocycles. The summed E-state index contributed by atoms with van der Waals surface area (Å²) < 4.78 is 17.2. The van der Waals surface area contributed by atoms with Gasteiger partial charge in [0.2, 0.25) is 0 Å². The summed E-state index contributed by atoms with van der Waals surface area (Å²) in [5.41, 5.74) is 0. The summed E-state index contributed by atoms with van der Waals surface area (Å²) >= 11 is 0. The van der Waals surface area contributed by atoms with Crippen LogP contribution in [0.5, 0.6) is 0 Å². The third-order valence-corrected chi connectivity index (χ3v) is 9.18. The molecule has 0 aliphatic rings. The maximum atomic E-state index is 12.7. The molecule has 8 heteroatoms. The molecule has 0 saturated carbocycles. The zero-order chi connectivity index (χ0) is 43.5. The van der Waals surface area contributed by atoms with Crippen LogP contribution in [-0.2, 0) is 28.6 Å². The Kier molecular flexibility index (Phi) is 38.0. The number of rotatable bonds is 38. The lowest BCUT2D eigenvalue weighted by atomic mass is 10.1. The largest absolute Gasteiger partial charge is 0.477 e. The zero-order valence-electron chi connectivity index (χ0n) is 37.7.